The summed E-state index contributed by atoms with van der Waals surface area (Å²) in [4.78, 5) is 0. The van der Waals surface area contributed by atoms with Crippen LogP contribution in [0, 0.1) is 0 Å². The molecule has 0 aliphatic rings. The summed E-state index contributed by atoms with van der Waals surface area (Å²) in [6.45, 7) is 6.20. The summed E-state index contributed by atoms with van der Waals surface area (Å²) in [5.74, 6) is 0. The molecule has 0 aliphatic carbocycles. The van der Waals surface area contributed by atoms with Crippen molar-refractivity contribution in [1.82, 2.24) is 0 Å². The molecular weight excluding hydrogens is 246 g/mol. The molecule has 0 saturated carbocycles. The topological polar surface area (TPSA) is 26.0 Å². The fourth-order valence-electron chi connectivity index (χ4n) is 2.58. The molecule has 0 spiro atoms. The molecule has 2 rings (SSSR count). The van der Waals surface area contributed by atoms with E-state index in [1.807, 2.05) is 6.08 Å². The van der Waals surface area contributed by atoms with Crippen LogP contribution in [0.1, 0.15) is 6.42 Å². The molecule has 0 aromatic heterocycles. The number of hydrogen-bond acceptors (Lipinski definition) is 1. The molecule has 0 fully saturated rings. The van der Waals surface area contributed by atoms with Crippen molar-refractivity contribution in [3.05, 3.63) is 73.3 Å². The molecule has 2 heteroatoms. The molecule has 0 saturated heterocycles. The van der Waals surface area contributed by atoms with Gasteiger partial charge in [-0.25, -0.2) is 0 Å². The van der Waals surface area contributed by atoms with E-state index in [9.17, 15) is 0 Å². The normalized spacial score (nSPS) is 12.9. The second-order valence-electron chi connectivity index (χ2n) is 5.07. The molecule has 2 aromatic rings. The van der Waals surface area contributed by atoms with Crippen molar-refractivity contribution in [3.63, 3.8) is 0 Å². The van der Waals surface area contributed by atoms with Crippen LogP contribution in [-0.4, -0.2) is 13.7 Å². The van der Waals surface area contributed by atoms with Gasteiger partial charge in [0.2, 0.25) is 0 Å². The van der Waals surface area contributed by atoms with Gasteiger partial charge in [0.05, 0.1) is 0 Å². The first-order valence-electron chi connectivity index (χ1n) is 6.67. The Morgan fingerprint density at radius 3 is 1.79 bits per heavy atom. The highest BCUT2D eigenvalue weighted by molar-refractivity contribution is 7.02. The Morgan fingerprint density at radius 2 is 1.42 bits per heavy atom. The molecule has 98 valence electrons. The summed E-state index contributed by atoms with van der Waals surface area (Å²) in [5, 5.41) is 2.77. The molecule has 2 aromatic carbocycles. The van der Waals surface area contributed by atoms with E-state index in [1.165, 1.54) is 10.4 Å². The van der Waals surface area contributed by atoms with Crippen molar-refractivity contribution in [2.75, 3.05) is 0 Å². The molecular formula is C17H21NSi. The maximum Gasteiger partial charge on any atom is 0.131 e. The smallest absolute Gasteiger partial charge is 0.131 e. The van der Waals surface area contributed by atoms with Crippen molar-refractivity contribution >= 4 is 18.4 Å². The Hall–Kier alpha value is -1.64. The van der Waals surface area contributed by atoms with E-state index < -0.39 is 8.07 Å². The quantitative estimate of drug-likeness (QED) is 0.653. The lowest BCUT2D eigenvalue weighted by molar-refractivity contribution is 0.889. The van der Waals surface area contributed by atoms with Crippen LogP contribution in [0.3, 0.4) is 0 Å². The number of benzene rings is 2. The molecule has 0 aliphatic heterocycles. The predicted molar refractivity (Wildman–Crippen MR) is 86.6 cm³/mol. The first-order chi connectivity index (χ1) is 9.19. The number of nitrogens with two attached hydrogens (primary N) is 1. The maximum absolute atomic E-state index is 6.52. The summed E-state index contributed by atoms with van der Waals surface area (Å²) >= 11 is 0. The SMILES string of the molecule is C=CCC(N)[Si](C)(c1ccccc1)c1ccccc1. The fourth-order valence-corrected chi connectivity index (χ4v) is 6.18. The highest BCUT2D eigenvalue weighted by Crippen LogP contribution is 2.12. The van der Waals surface area contributed by atoms with Crippen LogP contribution in [0.5, 0.6) is 0 Å². The van der Waals surface area contributed by atoms with E-state index in [1.54, 1.807) is 0 Å². The minimum absolute atomic E-state index is 0.148. The molecule has 0 bridgehead atoms. The van der Waals surface area contributed by atoms with E-state index in [-0.39, 0.29) is 5.67 Å². The molecule has 2 N–H and O–H groups in total. The van der Waals surface area contributed by atoms with Gasteiger partial charge < -0.3 is 5.73 Å². The first kappa shape index (κ1) is 13.8. The van der Waals surface area contributed by atoms with E-state index >= 15 is 0 Å². The van der Waals surface area contributed by atoms with Gasteiger partial charge in [-0.1, -0.05) is 83.7 Å². The first-order valence-corrected chi connectivity index (χ1v) is 9.25. The Kier molecular flexibility index (Phi) is 4.35. The highest BCUT2D eigenvalue weighted by atomic mass is 28.3. The van der Waals surface area contributed by atoms with E-state index in [0.29, 0.717) is 0 Å². The Morgan fingerprint density at radius 1 is 1.00 bits per heavy atom. The van der Waals surface area contributed by atoms with Crippen LogP contribution in [0.2, 0.25) is 6.55 Å². The Labute approximate surface area is 116 Å². The summed E-state index contributed by atoms with van der Waals surface area (Å²) in [7, 11) is -1.92. The van der Waals surface area contributed by atoms with Crippen molar-refractivity contribution in [2.45, 2.75) is 18.6 Å². The fraction of sp³-hybridized carbons (Fsp3) is 0.176. The van der Waals surface area contributed by atoms with Gasteiger partial charge in [0.25, 0.3) is 0 Å². The third-order valence-electron chi connectivity index (χ3n) is 3.91. The predicted octanol–water partition coefficient (Wildman–Crippen LogP) is 2.32. The van der Waals surface area contributed by atoms with Crippen LogP contribution in [0.4, 0.5) is 0 Å². The van der Waals surface area contributed by atoms with Crippen molar-refractivity contribution in [3.8, 4) is 0 Å². The van der Waals surface area contributed by atoms with Gasteiger partial charge in [0.15, 0.2) is 0 Å². The average Bonchev–Trinajstić information content (AvgIpc) is 2.48. The summed E-state index contributed by atoms with van der Waals surface area (Å²) in [6.07, 6.45) is 2.79. The largest absolute Gasteiger partial charge is 0.329 e. The highest BCUT2D eigenvalue weighted by Gasteiger charge is 2.37. The molecule has 19 heavy (non-hydrogen) atoms. The summed E-state index contributed by atoms with van der Waals surface area (Å²) < 4.78 is 0. The molecule has 1 unspecified atom stereocenters. The molecule has 0 radical (unpaired) electrons. The van der Waals surface area contributed by atoms with Gasteiger partial charge in [0.1, 0.15) is 8.07 Å². The van der Waals surface area contributed by atoms with Gasteiger partial charge in [-0.2, -0.15) is 0 Å². The molecule has 1 atom stereocenters. The number of rotatable bonds is 5. The lowest BCUT2D eigenvalue weighted by Crippen LogP contribution is -2.67. The van der Waals surface area contributed by atoms with Crippen LogP contribution in [0.25, 0.3) is 0 Å². The standard InChI is InChI=1S/C17H21NSi/c1-3-10-17(18)19(2,15-11-6-4-7-12-15)16-13-8-5-9-14-16/h3-9,11-14,17H,1,10,18H2,2H3. The maximum atomic E-state index is 6.52. The second-order valence-corrected chi connectivity index (χ2v) is 9.37. The van der Waals surface area contributed by atoms with Gasteiger partial charge in [-0.05, 0) is 6.42 Å². The minimum Gasteiger partial charge on any atom is -0.329 e. The van der Waals surface area contributed by atoms with Crippen molar-refractivity contribution < 1.29 is 0 Å². The molecule has 0 heterocycles. The van der Waals surface area contributed by atoms with E-state index in [4.69, 9.17) is 5.73 Å². The lowest BCUT2D eigenvalue weighted by Gasteiger charge is -2.34. The molecule has 0 amide bonds. The zero-order valence-electron chi connectivity index (χ0n) is 11.4. The average molecular weight is 267 g/mol. The monoisotopic (exact) mass is 267 g/mol. The second kappa shape index (κ2) is 6.00. The summed E-state index contributed by atoms with van der Waals surface area (Å²) in [5.41, 5.74) is 6.67. The zero-order chi connectivity index (χ0) is 13.7. The van der Waals surface area contributed by atoms with E-state index in [2.05, 4.69) is 73.8 Å². The van der Waals surface area contributed by atoms with Crippen LogP contribution in [0.15, 0.2) is 73.3 Å². The van der Waals surface area contributed by atoms with Gasteiger partial charge >= 0.3 is 0 Å². The van der Waals surface area contributed by atoms with Gasteiger partial charge in [-0.15, -0.1) is 6.58 Å². The number of hydrogen-bond donors (Lipinski definition) is 1. The Balaban J connectivity index is 2.53. The van der Waals surface area contributed by atoms with Crippen molar-refractivity contribution in [2.24, 2.45) is 5.73 Å². The van der Waals surface area contributed by atoms with Crippen LogP contribution < -0.4 is 16.1 Å². The minimum atomic E-state index is -1.92. The van der Waals surface area contributed by atoms with Gasteiger partial charge in [0, 0.05) is 5.67 Å². The third-order valence-corrected chi connectivity index (χ3v) is 8.69. The van der Waals surface area contributed by atoms with Crippen molar-refractivity contribution in [1.29, 1.82) is 0 Å². The summed E-state index contributed by atoms with van der Waals surface area (Å²) in [6, 6.07) is 21.4. The lowest BCUT2D eigenvalue weighted by atomic mass is 10.4. The van der Waals surface area contributed by atoms with Gasteiger partial charge in [-0.3, -0.25) is 0 Å². The third kappa shape index (κ3) is 2.70. The van der Waals surface area contributed by atoms with Crippen LogP contribution >= 0.6 is 0 Å². The Bertz CT molecular complexity index is 482. The zero-order valence-corrected chi connectivity index (χ0v) is 12.4. The van der Waals surface area contributed by atoms with E-state index in [0.717, 1.165) is 6.42 Å². The molecule has 1 nitrogen and oxygen atoms in total. The van der Waals surface area contributed by atoms with Crippen LogP contribution in [-0.2, 0) is 0 Å².